The summed E-state index contributed by atoms with van der Waals surface area (Å²) in [6.45, 7) is 3.72. The molecule has 1 atom stereocenters. The zero-order valence-corrected chi connectivity index (χ0v) is 19.4. The number of aromatic hydroxyl groups is 1. The van der Waals surface area contributed by atoms with Crippen LogP contribution in [0.2, 0.25) is 5.02 Å². The third kappa shape index (κ3) is 3.40. The van der Waals surface area contributed by atoms with Gasteiger partial charge in [0.2, 0.25) is 0 Å². The van der Waals surface area contributed by atoms with E-state index in [1.165, 1.54) is 18.2 Å². The van der Waals surface area contributed by atoms with Crippen LogP contribution in [0.4, 0.5) is 10.2 Å². The second kappa shape index (κ2) is 8.25. The van der Waals surface area contributed by atoms with Crippen LogP contribution in [-0.2, 0) is 4.74 Å². The highest BCUT2D eigenvalue weighted by Crippen LogP contribution is 2.47. The molecule has 1 aromatic heterocycles. The van der Waals surface area contributed by atoms with Crippen molar-refractivity contribution in [3.63, 3.8) is 0 Å². The first-order valence-electron chi connectivity index (χ1n) is 11.7. The molecular formula is C24H26ClFN4O4. The van der Waals surface area contributed by atoms with Gasteiger partial charge in [0, 0.05) is 32.7 Å². The Morgan fingerprint density at radius 3 is 2.88 bits per heavy atom. The fourth-order valence-corrected chi connectivity index (χ4v) is 5.69. The van der Waals surface area contributed by atoms with E-state index in [0.29, 0.717) is 50.7 Å². The Bertz CT molecular complexity index is 1140. The molecule has 2 N–H and O–H groups in total. The number of nitrogens with one attached hydrogen (secondary N) is 1. The van der Waals surface area contributed by atoms with Crippen molar-refractivity contribution in [1.29, 1.82) is 0 Å². The van der Waals surface area contributed by atoms with Crippen molar-refractivity contribution in [3.05, 3.63) is 34.6 Å². The highest BCUT2D eigenvalue weighted by Gasteiger charge is 2.45. The molecule has 10 heteroatoms. The minimum absolute atomic E-state index is 0.0203. The van der Waals surface area contributed by atoms with Crippen molar-refractivity contribution in [1.82, 2.24) is 15.2 Å². The van der Waals surface area contributed by atoms with Gasteiger partial charge >= 0.3 is 0 Å². The predicted molar refractivity (Wildman–Crippen MR) is 124 cm³/mol. The van der Waals surface area contributed by atoms with Crippen LogP contribution >= 0.6 is 11.6 Å². The van der Waals surface area contributed by atoms with Crippen LogP contribution in [-0.4, -0.2) is 78.5 Å². The number of piperazine rings is 1. The average Bonchev–Trinajstić information content (AvgIpc) is 2.97. The van der Waals surface area contributed by atoms with Gasteiger partial charge in [-0.05, 0) is 31.4 Å². The zero-order chi connectivity index (χ0) is 23.4. The minimum atomic E-state index is -0.653. The Hall–Kier alpha value is -2.62. The van der Waals surface area contributed by atoms with Gasteiger partial charge in [-0.1, -0.05) is 17.7 Å². The number of amides is 1. The summed E-state index contributed by atoms with van der Waals surface area (Å²) in [4.78, 5) is 22.4. The SMILES string of the molecule is O=C1c2c(N3CCOC4(CCC4)C3)nc(-c3c(O)cccc3F)c(Cl)c2OC[C@H]2CNCCN12. The summed E-state index contributed by atoms with van der Waals surface area (Å²) in [6.07, 6.45) is 2.99. The normalized spacial score (nSPS) is 23.6. The molecule has 1 aromatic carbocycles. The van der Waals surface area contributed by atoms with Crippen LogP contribution in [0.1, 0.15) is 29.6 Å². The Labute approximate surface area is 201 Å². The minimum Gasteiger partial charge on any atom is -0.507 e. The predicted octanol–water partition coefficient (Wildman–Crippen LogP) is 2.81. The number of anilines is 1. The fraction of sp³-hybridized carbons (Fsp3) is 0.500. The fourth-order valence-electron chi connectivity index (χ4n) is 5.40. The lowest BCUT2D eigenvalue weighted by atomic mass is 9.79. The van der Waals surface area contributed by atoms with Gasteiger partial charge in [0.15, 0.2) is 5.75 Å². The number of benzene rings is 1. The van der Waals surface area contributed by atoms with Crippen molar-refractivity contribution in [2.24, 2.45) is 0 Å². The van der Waals surface area contributed by atoms with Crippen LogP contribution < -0.4 is 15.0 Å². The van der Waals surface area contributed by atoms with E-state index in [2.05, 4.69) is 5.32 Å². The first kappa shape index (κ1) is 21.9. The number of ether oxygens (including phenoxy) is 2. The molecule has 1 aliphatic carbocycles. The van der Waals surface area contributed by atoms with Crippen molar-refractivity contribution >= 4 is 23.3 Å². The maximum absolute atomic E-state index is 14.9. The number of hydrogen-bond donors (Lipinski definition) is 2. The summed E-state index contributed by atoms with van der Waals surface area (Å²) in [7, 11) is 0. The molecule has 3 aliphatic heterocycles. The summed E-state index contributed by atoms with van der Waals surface area (Å²) in [5.41, 5.74) is -0.00180. The van der Waals surface area contributed by atoms with Crippen molar-refractivity contribution in [3.8, 4) is 22.8 Å². The number of phenols is 1. The molecule has 0 bridgehead atoms. The number of nitrogens with zero attached hydrogens (tertiary/aromatic N) is 3. The third-order valence-corrected chi connectivity index (χ3v) is 7.71. The van der Waals surface area contributed by atoms with Gasteiger partial charge in [-0.15, -0.1) is 0 Å². The van der Waals surface area contributed by atoms with Gasteiger partial charge in [-0.2, -0.15) is 0 Å². The van der Waals surface area contributed by atoms with Gasteiger partial charge in [0.25, 0.3) is 5.91 Å². The molecule has 4 heterocycles. The molecule has 0 unspecified atom stereocenters. The molecule has 1 spiro atoms. The highest BCUT2D eigenvalue weighted by atomic mass is 35.5. The highest BCUT2D eigenvalue weighted by molar-refractivity contribution is 6.35. The Kier molecular flexibility index (Phi) is 5.31. The molecule has 1 saturated carbocycles. The number of phenolic OH excluding ortho intramolecular Hbond substituents is 1. The van der Waals surface area contributed by atoms with Crippen molar-refractivity contribution in [2.75, 3.05) is 50.8 Å². The van der Waals surface area contributed by atoms with Crippen LogP contribution in [0, 0.1) is 5.82 Å². The van der Waals surface area contributed by atoms with Gasteiger partial charge in [0.1, 0.15) is 40.3 Å². The van der Waals surface area contributed by atoms with E-state index < -0.39 is 5.82 Å². The smallest absolute Gasteiger partial charge is 0.261 e. The van der Waals surface area contributed by atoms with E-state index in [4.69, 9.17) is 26.1 Å². The van der Waals surface area contributed by atoms with E-state index in [-0.39, 0.29) is 51.9 Å². The summed E-state index contributed by atoms with van der Waals surface area (Å²) in [5, 5.41) is 13.8. The number of pyridine rings is 1. The Morgan fingerprint density at radius 2 is 2.12 bits per heavy atom. The Morgan fingerprint density at radius 1 is 1.26 bits per heavy atom. The lowest BCUT2D eigenvalue weighted by molar-refractivity contribution is -0.106. The summed E-state index contributed by atoms with van der Waals surface area (Å²) < 4.78 is 27.1. The molecule has 2 saturated heterocycles. The van der Waals surface area contributed by atoms with Crippen molar-refractivity contribution in [2.45, 2.75) is 30.9 Å². The number of aromatic nitrogens is 1. The Balaban J connectivity index is 1.55. The summed E-state index contributed by atoms with van der Waals surface area (Å²) in [5.74, 6) is -0.533. The maximum atomic E-state index is 14.9. The number of carbonyl (C=O) groups is 1. The van der Waals surface area contributed by atoms with E-state index >= 15 is 0 Å². The third-order valence-electron chi connectivity index (χ3n) is 7.36. The monoisotopic (exact) mass is 488 g/mol. The topological polar surface area (TPSA) is 87.2 Å². The molecular weight excluding hydrogens is 463 g/mol. The molecule has 2 aromatic rings. The van der Waals surface area contributed by atoms with E-state index in [1.807, 2.05) is 9.80 Å². The molecule has 3 fully saturated rings. The maximum Gasteiger partial charge on any atom is 0.261 e. The van der Waals surface area contributed by atoms with E-state index in [0.717, 1.165) is 19.3 Å². The molecule has 4 aliphatic rings. The van der Waals surface area contributed by atoms with E-state index in [9.17, 15) is 14.3 Å². The number of morpholine rings is 1. The van der Waals surface area contributed by atoms with Gasteiger partial charge in [-0.3, -0.25) is 4.79 Å². The van der Waals surface area contributed by atoms with Crippen LogP contribution in [0.25, 0.3) is 11.3 Å². The van der Waals surface area contributed by atoms with Crippen LogP contribution in [0.5, 0.6) is 11.5 Å². The molecule has 34 heavy (non-hydrogen) atoms. The van der Waals surface area contributed by atoms with Crippen molar-refractivity contribution < 1.29 is 23.8 Å². The lowest BCUT2D eigenvalue weighted by Crippen LogP contribution is -2.57. The zero-order valence-electron chi connectivity index (χ0n) is 18.6. The van der Waals surface area contributed by atoms with Gasteiger partial charge in [0.05, 0.1) is 23.8 Å². The number of carbonyl (C=O) groups excluding carboxylic acids is 1. The molecule has 6 rings (SSSR count). The second-order valence-electron chi connectivity index (χ2n) is 9.41. The average molecular weight is 489 g/mol. The first-order valence-corrected chi connectivity index (χ1v) is 12.1. The molecule has 0 radical (unpaired) electrons. The molecule has 8 nitrogen and oxygen atoms in total. The number of fused-ring (bicyclic) bond motifs is 2. The van der Waals surface area contributed by atoms with E-state index in [1.54, 1.807) is 0 Å². The number of halogens is 2. The second-order valence-corrected chi connectivity index (χ2v) is 9.79. The number of rotatable bonds is 2. The lowest BCUT2D eigenvalue weighted by Gasteiger charge is -2.49. The van der Waals surface area contributed by atoms with Gasteiger partial charge < -0.3 is 29.7 Å². The molecule has 180 valence electrons. The quantitative estimate of drug-likeness (QED) is 0.672. The van der Waals surface area contributed by atoms with Gasteiger partial charge in [-0.25, -0.2) is 9.37 Å². The largest absolute Gasteiger partial charge is 0.507 e. The number of hydrogen-bond acceptors (Lipinski definition) is 7. The van der Waals surface area contributed by atoms with Crippen LogP contribution in [0.15, 0.2) is 18.2 Å². The summed E-state index contributed by atoms with van der Waals surface area (Å²) in [6, 6.07) is 3.90. The summed E-state index contributed by atoms with van der Waals surface area (Å²) >= 11 is 6.75. The standard InChI is InChI=1S/C24H26ClFN4O4/c25-19-20(17-15(26)3-1-4-16(17)31)28-22(29-9-10-34-24(13-29)5-2-6-24)18-21(19)33-12-14-11-27-7-8-30(14)23(18)32/h1,3-4,14,27,31H,2,5-13H2/t14-/m1/s1. The molecule has 1 amide bonds. The first-order chi connectivity index (χ1) is 16.5. The van der Waals surface area contributed by atoms with Crippen LogP contribution in [0.3, 0.4) is 0 Å².